The molecule has 0 fully saturated rings. The Hall–Kier alpha value is -1.87. The Balaban J connectivity index is 2.14. The molecule has 1 heterocycles. The molecule has 0 aliphatic carbocycles. The molecule has 0 radical (unpaired) electrons. The van der Waals surface area contributed by atoms with E-state index in [1.807, 2.05) is 30.3 Å². The summed E-state index contributed by atoms with van der Waals surface area (Å²) in [5.41, 5.74) is 7.91. The summed E-state index contributed by atoms with van der Waals surface area (Å²) in [6.07, 6.45) is 1.10. The first-order valence-corrected chi connectivity index (χ1v) is 6.99. The molecule has 1 aromatic heterocycles. The number of nitrogens with zero attached hydrogens (tertiary/aromatic N) is 1. The van der Waals surface area contributed by atoms with Crippen LogP contribution in [0.15, 0.2) is 42.5 Å². The maximum absolute atomic E-state index is 5.76. The second-order valence-corrected chi connectivity index (χ2v) is 5.54. The number of ether oxygens (including phenoxy) is 1. The van der Waals surface area contributed by atoms with Crippen molar-refractivity contribution in [2.45, 2.75) is 39.2 Å². The first-order valence-electron chi connectivity index (χ1n) is 6.99. The van der Waals surface area contributed by atoms with Gasteiger partial charge in [-0.15, -0.1) is 0 Å². The maximum atomic E-state index is 5.76. The summed E-state index contributed by atoms with van der Waals surface area (Å²) in [5.74, 6) is 1.37. The molecule has 2 rings (SSSR count). The van der Waals surface area contributed by atoms with Crippen molar-refractivity contribution < 1.29 is 4.74 Å². The van der Waals surface area contributed by atoms with Crippen molar-refractivity contribution in [2.75, 3.05) is 0 Å². The van der Waals surface area contributed by atoms with Crippen LogP contribution < -0.4 is 10.5 Å². The molecule has 0 amide bonds. The lowest BCUT2D eigenvalue weighted by Crippen LogP contribution is -2.14. The second kappa shape index (κ2) is 6.06. The first-order chi connectivity index (χ1) is 9.55. The molecular weight excluding hydrogens is 248 g/mol. The molecule has 0 bridgehead atoms. The third kappa shape index (κ3) is 3.36. The van der Waals surface area contributed by atoms with Gasteiger partial charge in [0, 0.05) is 12.6 Å². The van der Waals surface area contributed by atoms with Crippen molar-refractivity contribution in [3.8, 4) is 11.6 Å². The predicted octanol–water partition coefficient (Wildman–Crippen LogP) is 4.02. The van der Waals surface area contributed by atoms with E-state index in [1.165, 1.54) is 5.56 Å². The number of nitrogens with two attached hydrogens (primary N) is 1. The lowest BCUT2D eigenvalue weighted by Gasteiger charge is -2.23. The number of benzene rings is 1. The van der Waals surface area contributed by atoms with Crippen molar-refractivity contribution in [1.29, 1.82) is 0 Å². The van der Waals surface area contributed by atoms with Gasteiger partial charge in [-0.3, -0.25) is 0 Å². The van der Waals surface area contributed by atoms with Crippen LogP contribution in [0.25, 0.3) is 0 Å². The molecule has 2 aromatic rings. The number of hydrogen-bond donors (Lipinski definition) is 1. The third-order valence-corrected chi connectivity index (χ3v) is 3.73. The molecular formula is C17H22N2O. The van der Waals surface area contributed by atoms with E-state index >= 15 is 0 Å². The zero-order chi connectivity index (χ0) is 14.6. The van der Waals surface area contributed by atoms with Gasteiger partial charge in [0.05, 0.1) is 5.69 Å². The third-order valence-electron chi connectivity index (χ3n) is 3.73. The largest absolute Gasteiger partial charge is 0.439 e. The van der Waals surface area contributed by atoms with Crippen molar-refractivity contribution in [1.82, 2.24) is 4.98 Å². The summed E-state index contributed by atoms with van der Waals surface area (Å²) in [6, 6.07) is 13.8. The van der Waals surface area contributed by atoms with E-state index in [2.05, 4.69) is 37.9 Å². The average molecular weight is 270 g/mol. The van der Waals surface area contributed by atoms with Crippen LogP contribution in [0.1, 0.15) is 38.4 Å². The molecule has 0 aliphatic heterocycles. The highest BCUT2D eigenvalue weighted by molar-refractivity contribution is 5.33. The van der Waals surface area contributed by atoms with Gasteiger partial charge in [-0.1, -0.05) is 39.0 Å². The van der Waals surface area contributed by atoms with Crippen molar-refractivity contribution >= 4 is 0 Å². The van der Waals surface area contributed by atoms with Gasteiger partial charge in [-0.2, -0.15) is 0 Å². The minimum atomic E-state index is 0.191. The highest BCUT2D eigenvalue weighted by Crippen LogP contribution is 2.29. The van der Waals surface area contributed by atoms with Crippen LogP contribution in [-0.2, 0) is 12.0 Å². The first kappa shape index (κ1) is 14.5. The Morgan fingerprint density at radius 3 is 2.40 bits per heavy atom. The normalized spacial score (nSPS) is 11.4. The number of pyridine rings is 1. The molecule has 20 heavy (non-hydrogen) atoms. The van der Waals surface area contributed by atoms with Crippen LogP contribution in [0.5, 0.6) is 11.6 Å². The molecule has 0 unspecified atom stereocenters. The minimum Gasteiger partial charge on any atom is -0.439 e. The fourth-order valence-corrected chi connectivity index (χ4v) is 1.93. The predicted molar refractivity (Wildman–Crippen MR) is 82.0 cm³/mol. The van der Waals surface area contributed by atoms with Gasteiger partial charge in [0.1, 0.15) is 5.75 Å². The summed E-state index contributed by atoms with van der Waals surface area (Å²) in [5, 5.41) is 0. The van der Waals surface area contributed by atoms with E-state index in [-0.39, 0.29) is 5.41 Å². The van der Waals surface area contributed by atoms with Crippen LogP contribution in [0.3, 0.4) is 0 Å². The summed E-state index contributed by atoms with van der Waals surface area (Å²) < 4.78 is 5.76. The summed E-state index contributed by atoms with van der Waals surface area (Å²) in [6.45, 7) is 7.11. The van der Waals surface area contributed by atoms with E-state index in [0.29, 0.717) is 12.4 Å². The number of hydrogen-bond acceptors (Lipinski definition) is 3. The van der Waals surface area contributed by atoms with Gasteiger partial charge in [0.25, 0.3) is 0 Å². The molecule has 0 spiro atoms. The molecule has 1 aromatic carbocycles. The van der Waals surface area contributed by atoms with Crippen molar-refractivity contribution in [2.24, 2.45) is 5.73 Å². The summed E-state index contributed by atoms with van der Waals surface area (Å²) in [4.78, 5) is 4.33. The van der Waals surface area contributed by atoms with E-state index in [4.69, 9.17) is 10.5 Å². The van der Waals surface area contributed by atoms with Crippen molar-refractivity contribution in [3.63, 3.8) is 0 Å². The van der Waals surface area contributed by atoms with Crippen LogP contribution in [-0.4, -0.2) is 4.98 Å². The van der Waals surface area contributed by atoms with E-state index in [1.54, 1.807) is 0 Å². The zero-order valence-corrected chi connectivity index (χ0v) is 12.4. The Morgan fingerprint density at radius 1 is 1.10 bits per heavy atom. The highest BCUT2D eigenvalue weighted by atomic mass is 16.5. The molecule has 0 saturated carbocycles. The van der Waals surface area contributed by atoms with E-state index in [9.17, 15) is 0 Å². The molecule has 0 aliphatic rings. The fraction of sp³-hybridized carbons (Fsp3) is 0.353. The van der Waals surface area contributed by atoms with Crippen LogP contribution in [0, 0.1) is 0 Å². The van der Waals surface area contributed by atoms with Gasteiger partial charge >= 0.3 is 0 Å². The van der Waals surface area contributed by atoms with E-state index in [0.717, 1.165) is 17.9 Å². The minimum absolute atomic E-state index is 0.191. The molecule has 2 N–H and O–H groups in total. The summed E-state index contributed by atoms with van der Waals surface area (Å²) >= 11 is 0. The van der Waals surface area contributed by atoms with Gasteiger partial charge in [-0.25, -0.2) is 4.98 Å². The average Bonchev–Trinajstić information content (AvgIpc) is 2.48. The Morgan fingerprint density at radius 2 is 1.80 bits per heavy atom. The van der Waals surface area contributed by atoms with Crippen molar-refractivity contribution in [3.05, 3.63) is 53.7 Å². The number of rotatable bonds is 5. The molecule has 0 saturated heterocycles. The van der Waals surface area contributed by atoms with Crippen LogP contribution >= 0.6 is 0 Å². The lowest BCUT2D eigenvalue weighted by molar-refractivity contribution is 0.458. The SMILES string of the molecule is CCC(C)(C)c1ccc(Oc2cccc(CN)n2)cc1. The Labute approximate surface area is 120 Å². The second-order valence-electron chi connectivity index (χ2n) is 5.54. The Kier molecular flexibility index (Phi) is 4.40. The molecule has 3 heteroatoms. The molecule has 0 atom stereocenters. The quantitative estimate of drug-likeness (QED) is 0.892. The van der Waals surface area contributed by atoms with Gasteiger partial charge in [0.15, 0.2) is 0 Å². The number of aromatic nitrogens is 1. The smallest absolute Gasteiger partial charge is 0.219 e. The van der Waals surface area contributed by atoms with Crippen LogP contribution in [0.4, 0.5) is 0 Å². The van der Waals surface area contributed by atoms with Gasteiger partial charge < -0.3 is 10.5 Å². The zero-order valence-electron chi connectivity index (χ0n) is 12.4. The lowest BCUT2D eigenvalue weighted by atomic mass is 9.82. The highest BCUT2D eigenvalue weighted by Gasteiger charge is 2.17. The Bertz CT molecular complexity index is 561. The van der Waals surface area contributed by atoms with Gasteiger partial charge in [0.2, 0.25) is 5.88 Å². The van der Waals surface area contributed by atoms with E-state index < -0.39 is 0 Å². The van der Waals surface area contributed by atoms with Crippen LogP contribution in [0.2, 0.25) is 0 Å². The van der Waals surface area contributed by atoms with Gasteiger partial charge in [-0.05, 0) is 35.6 Å². The topological polar surface area (TPSA) is 48.1 Å². The molecule has 106 valence electrons. The molecule has 3 nitrogen and oxygen atoms in total. The summed E-state index contributed by atoms with van der Waals surface area (Å²) in [7, 11) is 0. The standard InChI is InChI=1S/C17H22N2O/c1-4-17(2,3)13-8-10-15(11-9-13)20-16-7-5-6-14(12-18)19-16/h5-11H,4,12,18H2,1-3H3. The maximum Gasteiger partial charge on any atom is 0.219 e. The monoisotopic (exact) mass is 270 g/mol. The fourth-order valence-electron chi connectivity index (χ4n) is 1.93.